The second-order valence-electron chi connectivity index (χ2n) is 5.72. The molecule has 1 aliphatic rings. The monoisotopic (exact) mass is 351 g/mol. The van der Waals surface area contributed by atoms with Crippen LogP contribution in [0.5, 0.6) is 0 Å². The van der Waals surface area contributed by atoms with Gasteiger partial charge in [0.15, 0.2) is 0 Å². The number of benzene rings is 2. The molecule has 1 aliphatic heterocycles. The summed E-state index contributed by atoms with van der Waals surface area (Å²) in [5.41, 5.74) is 2.69. The van der Waals surface area contributed by atoms with Gasteiger partial charge in [0.05, 0.1) is 4.90 Å². The lowest BCUT2D eigenvalue weighted by Crippen LogP contribution is -2.31. The summed E-state index contributed by atoms with van der Waals surface area (Å²) in [5.74, 6) is 0.399. The number of sulfonamides is 1. The summed E-state index contributed by atoms with van der Waals surface area (Å²) in [6.07, 6.45) is 0.644. The number of fused-ring (bicyclic) bond motifs is 1. The Balaban J connectivity index is 1.93. The van der Waals surface area contributed by atoms with Crippen molar-refractivity contribution in [3.8, 4) is 0 Å². The number of thioether (sulfide) groups is 1. The Morgan fingerprint density at radius 2 is 1.96 bits per heavy atom. The highest BCUT2D eigenvalue weighted by Gasteiger charge is 2.27. The molecule has 0 bridgehead atoms. The smallest absolute Gasteiger partial charge is 0.207 e. The van der Waals surface area contributed by atoms with E-state index in [9.17, 15) is 12.8 Å². The van der Waals surface area contributed by atoms with Crippen molar-refractivity contribution >= 4 is 21.8 Å². The predicted octanol–water partition coefficient (Wildman–Crippen LogP) is 3.96. The Bertz CT molecular complexity index is 850. The van der Waals surface area contributed by atoms with Crippen LogP contribution < -0.4 is 4.72 Å². The molecule has 0 unspecified atom stereocenters. The number of hydrogen-bond acceptors (Lipinski definition) is 3. The van der Waals surface area contributed by atoms with Crippen molar-refractivity contribution in [2.24, 2.45) is 0 Å². The van der Waals surface area contributed by atoms with E-state index in [4.69, 9.17) is 0 Å². The zero-order valence-corrected chi connectivity index (χ0v) is 14.6. The molecule has 1 heterocycles. The van der Waals surface area contributed by atoms with Crippen LogP contribution in [-0.2, 0) is 10.0 Å². The second-order valence-corrected chi connectivity index (χ2v) is 8.53. The summed E-state index contributed by atoms with van der Waals surface area (Å²) in [5, 5.41) is 0. The third-order valence-corrected chi connectivity index (χ3v) is 6.74. The van der Waals surface area contributed by atoms with Gasteiger partial charge in [-0.2, -0.15) is 0 Å². The topological polar surface area (TPSA) is 46.2 Å². The van der Waals surface area contributed by atoms with E-state index in [-0.39, 0.29) is 10.7 Å². The van der Waals surface area contributed by atoms with Gasteiger partial charge in [0.1, 0.15) is 5.82 Å². The number of halogens is 1. The van der Waals surface area contributed by atoms with Gasteiger partial charge in [-0.15, -0.1) is 11.8 Å². The van der Waals surface area contributed by atoms with Crippen molar-refractivity contribution in [3.63, 3.8) is 0 Å². The SMILES string of the molecule is Cc1ccc(S(=O)(=O)N[C@@H]2CCSc3c(F)cccc32)cc1C. The summed E-state index contributed by atoms with van der Waals surface area (Å²) < 4.78 is 41.9. The quantitative estimate of drug-likeness (QED) is 0.910. The Labute approximate surface area is 140 Å². The molecule has 122 valence electrons. The Morgan fingerprint density at radius 1 is 1.17 bits per heavy atom. The Hall–Kier alpha value is -1.37. The summed E-state index contributed by atoms with van der Waals surface area (Å²) in [6, 6.07) is 9.50. The van der Waals surface area contributed by atoms with E-state index >= 15 is 0 Å². The van der Waals surface area contributed by atoms with Gasteiger partial charge in [0.2, 0.25) is 10.0 Å². The Kier molecular flexibility index (Phi) is 4.49. The average molecular weight is 351 g/mol. The standard InChI is InChI=1S/C17H18FNO2S2/c1-11-6-7-13(10-12(11)2)23(20,21)19-16-8-9-22-17-14(16)4-3-5-15(17)18/h3-7,10,16,19H,8-9H2,1-2H3/t16-/m1/s1. The highest BCUT2D eigenvalue weighted by Crippen LogP contribution is 2.38. The number of rotatable bonds is 3. The molecule has 1 N–H and O–H groups in total. The maximum absolute atomic E-state index is 13.9. The summed E-state index contributed by atoms with van der Waals surface area (Å²) in [7, 11) is -3.64. The summed E-state index contributed by atoms with van der Waals surface area (Å²) in [6.45, 7) is 3.83. The van der Waals surface area contributed by atoms with Crippen molar-refractivity contribution < 1.29 is 12.8 Å². The van der Waals surface area contributed by atoms with Crippen LogP contribution in [0.15, 0.2) is 46.2 Å². The van der Waals surface area contributed by atoms with Crippen LogP contribution in [0.1, 0.15) is 29.2 Å². The lowest BCUT2D eigenvalue weighted by Gasteiger charge is -2.26. The number of hydrogen-bond donors (Lipinski definition) is 1. The lowest BCUT2D eigenvalue weighted by molar-refractivity contribution is 0.533. The van der Waals surface area contributed by atoms with Crippen LogP contribution in [0.25, 0.3) is 0 Å². The molecular formula is C17H18FNO2S2. The van der Waals surface area contributed by atoms with Gasteiger partial charge in [0, 0.05) is 10.9 Å². The van der Waals surface area contributed by atoms with Crippen molar-refractivity contribution in [1.29, 1.82) is 0 Å². The molecule has 3 rings (SSSR count). The van der Waals surface area contributed by atoms with Gasteiger partial charge in [-0.05, 0) is 60.9 Å². The average Bonchev–Trinajstić information content (AvgIpc) is 2.51. The van der Waals surface area contributed by atoms with Crippen LogP contribution in [0, 0.1) is 19.7 Å². The van der Waals surface area contributed by atoms with Gasteiger partial charge in [-0.1, -0.05) is 18.2 Å². The van der Waals surface area contributed by atoms with Gasteiger partial charge >= 0.3 is 0 Å². The third kappa shape index (κ3) is 3.29. The zero-order valence-electron chi connectivity index (χ0n) is 13.0. The largest absolute Gasteiger partial charge is 0.241 e. The minimum Gasteiger partial charge on any atom is -0.207 e. The van der Waals surface area contributed by atoms with Gasteiger partial charge in [-0.25, -0.2) is 17.5 Å². The first kappa shape index (κ1) is 16.5. The summed E-state index contributed by atoms with van der Waals surface area (Å²) in [4.78, 5) is 0.795. The molecule has 2 aromatic rings. The van der Waals surface area contributed by atoms with E-state index < -0.39 is 16.1 Å². The van der Waals surface area contributed by atoms with Crippen molar-refractivity contribution in [2.75, 3.05) is 5.75 Å². The number of aryl methyl sites for hydroxylation is 2. The van der Waals surface area contributed by atoms with E-state index in [0.717, 1.165) is 11.1 Å². The molecule has 0 aromatic heterocycles. The van der Waals surface area contributed by atoms with E-state index in [1.54, 1.807) is 30.3 Å². The molecule has 1 atom stereocenters. The predicted molar refractivity (Wildman–Crippen MR) is 90.7 cm³/mol. The van der Waals surface area contributed by atoms with Crippen LogP contribution >= 0.6 is 11.8 Å². The fourth-order valence-corrected chi connectivity index (χ4v) is 5.12. The van der Waals surface area contributed by atoms with Crippen LogP contribution in [0.4, 0.5) is 4.39 Å². The fraction of sp³-hybridized carbons (Fsp3) is 0.294. The lowest BCUT2D eigenvalue weighted by atomic mass is 10.0. The maximum atomic E-state index is 13.9. The second kappa shape index (κ2) is 6.26. The van der Waals surface area contributed by atoms with Gasteiger partial charge in [-0.3, -0.25) is 0 Å². The van der Waals surface area contributed by atoms with E-state index in [1.165, 1.54) is 17.8 Å². The minimum absolute atomic E-state index is 0.247. The first-order valence-electron chi connectivity index (χ1n) is 7.39. The molecule has 0 radical (unpaired) electrons. The molecule has 0 saturated heterocycles. The zero-order chi connectivity index (χ0) is 16.6. The molecule has 0 saturated carbocycles. The fourth-order valence-electron chi connectivity index (χ4n) is 2.65. The molecule has 0 fully saturated rings. The molecule has 23 heavy (non-hydrogen) atoms. The van der Waals surface area contributed by atoms with Crippen LogP contribution in [0.2, 0.25) is 0 Å². The minimum atomic E-state index is -3.64. The molecule has 3 nitrogen and oxygen atoms in total. The van der Waals surface area contributed by atoms with Crippen LogP contribution in [-0.4, -0.2) is 14.2 Å². The first-order chi connectivity index (χ1) is 10.9. The molecule has 0 aliphatic carbocycles. The Morgan fingerprint density at radius 3 is 2.70 bits per heavy atom. The van der Waals surface area contributed by atoms with E-state index in [0.29, 0.717) is 22.6 Å². The highest BCUT2D eigenvalue weighted by atomic mass is 32.2. The maximum Gasteiger partial charge on any atom is 0.241 e. The first-order valence-corrected chi connectivity index (χ1v) is 9.86. The number of nitrogens with one attached hydrogen (secondary N) is 1. The van der Waals surface area contributed by atoms with Gasteiger partial charge in [0.25, 0.3) is 0 Å². The van der Waals surface area contributed by atoms with E-state index in [2.05, 4.69) is 4.72 Å². The third-order valence-electron chi connectivity index (χ3n) is 4.11. The highest BCUT2D eigenvalue weighted by molar-refractivity contribution is 7.99. The molecule has 6 heteroatoms. The van der Waals surface area contributed by atoms with Crippen LogP contribution in [0.3, 0.4) is 0 Å². The van der Waals surface area contributed by atoms with Gasteiger partial charge < -0.3 is 0 Å². The molecular weight excluding hydrogens is 333 g/mol. The van der Waals surface area contributed by atoms with Crippen molar-refractivity contribution in [3.05, 3.63) is 58.9 Å². The summed E-state index contributed by atoms with van der Waals surface area (Å²) >= 11 is 1.44. The molecule has 0 amide bonds. The van der Waals surface area contributed by atoms with E-state index in [1.807, 2.05) is 13.8 Å². The normalized spacial score (nSPS) is 17.8. The van der Waals surface area contributed by atoms with Crippen molar-refractivity contribution in [1.82, 2.24) is 4.72 Å². The molecule has 2 aromatic carbocycles. The van der Waals surface area contributed by atoms with Crippen molar-refractivity contribution in [2.45, 2.75) is 36.1 Å². The molecule has 0 spiro atoms.